The number of aliphatic hydroxyl groups excluding tert-OH is 1. The number of rotatable bonds is 6. The minimum atomic E-state index is -0.188. The number of hydrogen-bond donors (Lipinski definition) is 2. The minimum absolute atomic E-state index is 0.0132. The Labute approximate surface area is 107 Å². The van der Waals surface area contributed by atoms with E-state index in [0.29, 0.717) is 24.3 Å². The number of ether oxygens (including phenoxy) is 1. The second-order valence-electron chi connectivity index (χ2n) is 4.31. The van der Waals surface area contributed by atoms with Gasteiger partial charge in [-0.25, -0.2) is 0 Å². The van der Waals surface area contributed by atoms with E-state index in [9.17, 15) is 4.79 Å². The highest BCUT2D eigenvalue weighted by Crippen LogP contribution is 2.12. The highest BCUT2D eigenvalue weighted by atomic mass is 16.5. The summed E-state index contributed by atoms with van der Waals surface area (Å²) in [6.45, 7) is 4.05. The first-order valence-corrected chi connectivity index (χ1v) is 5.92. The molecule has 0 saturated carbocycles. The fraction of sp³-hybridized carbons (Fsp3) is 0.667. The first kappa shape index (κ1) is 14.7. The van der Waals surface area contributed by atoms with E-state index in [1.807, 2.05) is 6.92 Å². The molecule has 2 N–H and O–H groups in total. The topological polar surface area (TPSA) is 76.4 Å². The molecule has 0 spiro atoms. The van der Waals surface area contributed by atoms with Gasteiger partial charge in [-0.1, -0.05) is 0 Å². The normalized spacial score (nSPS) is 12.5. The number of amides is 1. The van der Waals surface area contributed by atoms with Crippen LogP contribution in [0.5, 0.6) is 0 Å². The maximum absolute atomic E-state index is 12.2. The molecule has 0 aliphatic carbocycles. The molecular weight excluding hydrogens is 234 g/mol. The molecule has 0 aliphatic heterocycles. The average Bonchev–Trinajstić information content (AvgIpc) is 2.53. The van der Waals surface area contributed by atoms with E-state index in [4.69, 9.17) is 9.84 Å². The summed E-state index contributed by atoms with van der Waals surface area (Å²) in [5.74, 6) is -0.173. The van der Waals surface area contributed by atoms with Crippen molar-refractivity contribution in [3.63, 3.8) is 0 Å². The van der Waals surface area contributed by atoms with Crippen LogP contribution < -0.4 is 5.32 Å². The zero-order valence-corrected chi connectivity index (χ0v) is 11.4. The molecule has 6 heteroatoms. The van der Waals surface area contributed by atoms with Crippen LogP contribution >= 0.6 is 0 Å². The Kier molecular flexibility index (Phi) is 5.30. The van der Waals surface area contributed by atoms with Crippen LogP contribution in [0, 0.1) is 13.8 Å². The van der Waals surface area contributed by atoms with Gasteiger partial charge < -0.3 is 15.2 Å². The predicted molar refractivity (Wildman–Crippen MR) is 67.5 cm³/mol. The number of aryl methyl sites for hydroxylation is 2. The minimum Gasteiger partial charge on any atom is -0.396 e. The zero-order valence-electron chi connectivity index (χ0n) is 11.4. The van der Waals surface area contributed by atoms with Gasteiger partial charge in [-0.3, -0.25) is 9.48 Å². The largest absolute Gasteiger partial charge is 0.396 e. The first-order valence-electron chi connectivity index (χ1n) is 5.92. The van der Waals surface area contributed by atoms with E-state index in [2.05, 4.69) is 10.4 Å². The molecule has 0 saturated heterocycles. The van der Waals surface area contributed by atoms with E-state index in [0.717, 1.165) is 5.69 Å². The van der Waals surface area contributed by atoms with Gasteiger partial charge in [-0.2, -0.15) is 5.10 Å². The number of carbonyl (C=O) groups excluding carboxylic acids is 1. The average molecular weight is 255 g/mol. The maximum atomic E-state index is 12.2. The molecule has 0 aliphatic rings. The van der Waals surface area contributed by atoms with Gasteiger partial charge in [0.2, 0.25) is 0 Å². The molecule has 1 aromatic heterocycles. The van der Waals surface area contributed by atoms with Crippen LogP contribution in [0.3, 0.4) is 0 Å². The Balaban J connectivity index is 2.80. The first-order chi connectivity index (χ1) is 8.51. The molecule has 1 heterocycles. The Hall–Kier alpha value is -1.40. The number of methoxy groups -OCH3 is 1. The second kappa shape index (κ2) is 6.51. The van der Waals surface area contributed by atoms with E-state index in [1.165, 1.54) is 0 Å². The molecule has 1 amide bonds. The van der Waals surface area contributed by atoms with Crippen LogP contribution in [0.25, 0.3) is 0 Å². The highest BCUT2D eigenvalue weighted by Gasteiger charge is 2.20. The molecule has 0 aromatic carbocycles. The van der Waals surface area contributed by atoms with Crippen LogP contribution in [0.2, 0.25) is 0 Å². The summed E-state index contributed by atoms with van der Waals surface area (Å²) >= 11 is 0. The summed E-state index contributed by atoms with van der Waals surface area (Å²) in [5, 5.41) is 16.0. The monoisotopic (exact) mass is 255 g/mol. The van der Waals surface area contributed by atoms with Crippen molar-refractivity contribution < 1.29 is 14.6 Å². The molecule has 102 valence electrons. The van der Waals surface area contributed by atoms with E-state index in [-0.39, 0.29) is 18.6 Å². The van der Waals surface area contributed by atoms with E-state index in [1.54, 1.807) is 25.8 Å². The van der Waals surface area contributed by atoms with Gasteiger partial charge in [0.1, 0.15) is 0 Å². The summed E-state index contributed by atoms with van der Waals surface area (Å²) in [5.41, 5.74) is 2.12. The summed E-state index contributed by atoms with van der Waals surface area (Å²) < 4.78 is 6.69. The fourth-order valence-corrected chi connectivity index (χ4v) is 1.91. The smallest absolute Gasteiger partial charge is 0.255 e. The molecule has 1 aromatic rings. The third kappa shape index (κ3) is 3.30. The standard InChI is InChI=1S/C12H21N3O3/c1-8-11(9(2)15(3)14-8)12(17)13-10(5-6-16)7-18-4/h10,16H,5-7H2,1-4H3,(H,13,17). The number of aromatic nitrogens is 2. The van der Waals surface area contributed by atoms with Crippen LogP contribution in [-0.2, 0) is 11.8 Å². The van der Waals surface area contributed by atoms with Gasteiger partial charge in [0.05, 0.1) is 23.9 Å². The summed E-state index contributed by atoms with van der Waals surface area (Å²) in [6.07, 6.45) is 0.470. The van der Waals surface area contributed by atoms with Gasteiger partial charge in [0.15, 0.2) is 0 Å². The highest BCUT2D eigenvalue weighted by molar-refractivity contribution is 5.96. The van der Waals surface area contributed by atoms with Crippen molar-refractivity contribution in [1.29, 1.82) is 0 Å². The fourth-order valence-electron chi connectivity index (χ4n) is 1.91. The van der Waals surface area contributed by atoms with Crippen LogP contribution in [0.4, 0.5) is 0 Å². The molecule has 0 fully saturated rings. The SMILES string of the molecule is COCC(CCO)NC(=O)c1c(C)nn(C)c1C. The summed E-state index contributed by atoms with van der Waals surface area (Å²) in [4.78, 5) is 12.2. The molecule has 1 rings (SSSR count). The van der Waals surface area contributed by atoms with Crippen LogP contribution in [-0.4, -0.2) is 47.2 Å². The van der Waals surface area contributed by atoms with Gasteiger partial charge in [-0.05, 0) is 20.3 Å². The zero-order chi connectivity index (χ0) is 13.7. The quantitative estimate of drug-likeness (QED) is 0.759. The predicted octanol–water partition coefficient (Wildman–Crippen LogP) is 0.164. The Morgan fingerprint density at radius 3 is 2.67 bits per heavy atom. The third-order valence-corrected chi connectivity index (χ3v) is 2.92. The van der Waals surface area contributed by atoms with Crippen molar-refractivity contribution in [2.24, 2.45) is 7.05 Å². The Bertz CT molecular complexity index is 409. The molecule has 0 bridgehead atoms. The lowest BCUT2D eigenvalue weighted by atomic mass is 10.1. The molecule has 18 heavy (non-hydrogen) atoms. The Morgan fingerprint density at radius 1 is 1.56 bits per heavy atom. The molecule has 1 unspecified atom stereocenters. The Morgan fingerprint density at radius 2 is 2.22 bits per heavy atom. The number of nitrogens with zero attached hydrogens (tertiary/aromatic N) is 2. The lowest BCUT2D eigenvalue weighted by molar-refractivity contribution is 0.0877. The number of aliphatic hydroxyl groups is 1. The van der Waals surface area contributed by atoms with Crippen molar-refractivity contribution in [3.05, 3.63) is 17.0 Å². The van der Waals surface area contributed by atoms with Crippen molar-refractivity contribution in [2.75, 3.05) is 20.3 Å². The van der Waals surface area contributed by atoms with Crippen molar-refractivity contribution >= 4 is 5.91 Å². The number of carbonyl (C=O) groups is 1. The molecule has 1 atom stereocenters. The number of hydrogen-bond acceptors (Lipinski definition) is 4. The van der Waals surface area contributed by atoms with E-state index >= 15 is 0 Å². The second-order valence-corrected chi connectivity index (χ2v) is 4.31. The molecular formula is C12H21N3O3. The molecule has 0 radical (unpaired) electrons. The van der Waals surface area contributed by atoms with Crippen molar-refractivity contribution in [1.82, 2.24) is 15.1 Å². The van der Waals surface area contributed by atoms with Crippen molar-refractivity contribution in [3.8, 4) is 0 Å². The van der Waals surface area contributed by atoms with Crippen LogP contribution in [0.1, 0.15) is 28.2 Å². The van der Waals surface area contributed by atoms with Crippen LogP contribution in [0.15, 0.2) is 0 Å². The summed E-state index contributed by atoms with van der Waals surface area (Å²) in [7, 11) is 3.37. The van der Waals surface area contributed by atoms with Gasteiger partial charge in [0, 0.05) is 26.5 Å². The van der Waals surface area contributed by atoms with E-state index < -0.39 is 0 Å². The number of nitrogens with one attached hydrogen (secondary N) is 1. The van der Waals surface area contributed by atoms with Gasteiger partial charge >= 0.3 is 0 Å². The molecule has 6 nitrogen and oxygen atoms in total. The van der Waals surface area contributed by atoms with Gasteiger partial charge in [-0.15, -0.1) is 0 Å². The van der Waals surface area contributed by atoms with Gasteiger partial charge in [0.25, 0.3) is 5.91 Å². The lowest BCUT2D eigenvalue weighted by Crippen LogP contribution is -2.39. The summed E-state index contributed by atoms with van der Waals surface area (Å²) in [6, 6.07) is -0.188. The lowest BCUT2D eigenvalue weighted by Gasteiger charge is -2.16. The third-order valence-electron chi connectivity index (χ3n) is 2.92. The van der Waals surface area contributed by atoms with Crippen molar-refractivity contribution in [2.45, 2.75) is 26.3 Å². The maximum Gasteiger partial charge on any atom is 0.255 e.